The van der Waals surface area contributed by atoms with Crippen molar-refractivity contribution in [3.63, 3.8) is 0 Å². The molecule has 0 saturated carbocycles. The first-order chi connectivity index (χ1) is 12.1. The molecular weight excluding hydrogens is 338 g/mol. The number of carbonyl (C=O) groups is 1. The number of aryl methyl sites for hydroxylation is 1. The molecule has 1 aromatic heterocycles. The van der Waals surface area contributed by atoms with Gasteiger partial charge in [0.2, 0.25) is 0 Å². The Morgan fingerprint density at radius 3 is 2.76 bits per heavy atom. The van der Waals surface area contributed by atoms with E-state index in [9.17, 15) is 4.79 Å². The molecule has 2 aliphatic heterocycles. The van der Waals surface area contributed by atoms with Gasteiger partial charge in [-0.15, -0.1) is 0 Å². The Bertz CT molecular complexity index is 820. The van der Waals surface area contributed by atoms with E-state index < -0.39 is 0 Å². The highest BCUT2D eigenvalue weighted by Gasteiger charge is 2.41. The normalized spacial score (nSPS) is 21.6. The molecule has 2 atom stereocenters. The van der Waals surface area contributed by atoms with E-state index in [1.54, 1.807) is 18.9 Å². The first kappa shape index (κ1) is 16.3. The molecule has 2 fully saturated rings. The maximum atomic E-state index is 13.0. The zero-order valence-electron chi connectivity index (χ0n) is 14.6. The summed E-state index contributed by atoms with van der Waals surface area (Å²) in [5.41, 5.74) is 2.13. The van der Waals surface area contributed by atoms with Crippen LogP contribution < -0.4 is 9.47 Å². The van der Waals surface area contributed by atoms with E-state index in [0.29, 0.717) is 28.4 Å². The van der Waals surface area contributed by atoms with Crippen LogP contribution in [0, 0.1) is 0 Å². The van der Waals surface area contributed by atoms with Gasteiger partial charge >= 0.3 is 0 Å². The second-order valence-electron chi connectivity index (χ2n) is 6.41. The summed E-state index contributed by atoms with van der Waals surface area (Å²) >= 11 is 1.98. The fraction of sp³-hybridized carbons (Fsp3) is 0.444. The SMILES string of the molecule is COc1ccc(OC)c(-c2cc(C(=O)N3CC4CC3CS4)n(C)n2)c1. The molecule has 7 heteroatoms. The van der Waals surface area contributed by atoms with Crippen LogP contribution in [0.25, 0.3) is 11.3 Å². The average molecular weight is 359 g/mol. The molecule has 3 heterocycles. The van der Waals surface area contributed by atoms with Crippen molar-refractivity contribution in [1.29, 1.82) is 0 Å². The summed E-state index contributed by atoms with van der Waals surface area (Å²) in [6, 6.07) is 7.78. The average Bonchev–Trinajstić information content (AvgIpc) is 3.36. The Morgan fingerprint density at radius 2 is 2.12 bits per heavy atom. The highest BCUT2D eigenvalue weighted by atomic mass is 32.2. The van der Waals surface area contributed by atoms with E-state index in [0.717, 1.165) is 30.0 Å². The van der Waals surface area contributed by atoms with Crippen molar-refractivity contribution in [1.82, 2.24) is 14.7 Å². The number of likely N-dealkylation sites (tertiary alicyclic amines) is 1. The van der Waals surface area contributed by atoms with Crippen molar-refractivity contribution in [3.8, 4) is 22.8 Å². The molecule has 0 N–H and O–H groups in total. The van der Waals surface area contributed by atoms with Crippen LogP contribution in [0.5, 0.6) is 11.5 Å². The molecule has 4 rings (SSSR count). The third-order valence-corrected chi connectivity index (χ3v) is 6.33. The van der Waals surface area contributed by atoms with Gasteiger partial charge in [0.1, 0.15) is 17.2 Å². The molecule has 2 bridgehead atoms. The smallest absolute Gasteiger partial charge is 0.272 e. The van der Waals surface area contributed by atoms with E-state index in [-0.39, 0.29) is 5.91 Å². The summed E-state index contributed by atoms with van der Waals surface area (Å²) in [5.74, 6) is 2.54. The van der Waals surface area contributed by atoms with Crippen molar-refractivity contribution >= 4 is 17.7 Å². The molecule has 0 radical (unpaired) electrons. The Kier molecular flexibility index (Phi) is 4.11. The van der Waals surface area contributed by atoms with E-state index in [1.165, 1.54) is 0 Å². The largest absolute Gasteiger partial charge is 0.497 e. The van der Waals surface area contributed by atoms with Crippen LogP contribution in [-0.2, 0) is 7.05 Å². The first-order valence-electron chi connectivity index (χ1n) is 8.29. The molecule has 2 aliphatic rings. The molecule has 0 aliphatic carbocycles. The zero-order valence-corrected chi connectivity index (χ0v) is 15.4. The lowest BCUT2D eigenvalue weighted by molar-refractivity contribution is 0.0736. The second kappa shape index (κ2) is 6.29. The number of benzene rings is 1. The van der Waals surface area contributed by atoms with E-state index in [2.05, 4.69) is 5.10 Å². The number of ether oxygens (including phenoxy) is 2. The third-order valence-electron chi connectivity index (χ3n) is 4.94. The van der Waals surface area contributed by atoms with Gasteiger partial charge in [-0.3, -0.25) is 9.48 Å². The van der Waals surface area contributed by atoms with Crippen molar-refractivity contribution in [2.75, 3.05) is 26.5 Å². The molecule has 132 valence electrons. The highest BCUT2D eigenvalue weighted by Crippen LogP contribution is 2.38. The van der Waals surface area contributed by atoms with E-state index in [4.69, 9.17) is 9.47 Å². The molecule has 1 amide bonds. The molecule has 2 unspecified atom stereocenters. The van der Waals surface area contributed by atoms with Crippen molar-refractivity contribution in [2.24, 2.45) is 7.05 Å². The predicted octanol–water partition coefficient (Wildman–Crippen LogP) is 2.43. The lowest BCUT2D eigenvalue weighted by Crippen LogP contribution is -2.39. The topological polar surface area (TPSA) is 56.6 Å². The van der Waals surface area contributed by atoms with Crippen LogP contribution in [-0.4, -0.2) is 58.4 Å². The lowest BCUT2D eigenvalue weighted by atomic mass is 10.1. The van der Waals surface area contributed by atoms with E-state index in [1.807, 2.05) is 48.0 Å². The molecule has 2 saturated heterocycles. The number of hydrogen-bond acceptors (Lipinski definition) is 5. The maximum Gasteiger partial charge on any atom is 0.272 e. The maximum absolute atomic E-state index is 13.0. The summed E-state index contributed by atoms with van der Waals surface area (Å²) < 4.78 is 12.4. The van der Waals surface area contributed by atoms with Crippen LogP contribution in [0.1, 0.15) is 16.9 Å². The number of fused-ring (bicyclic) bond motifs is 2. The predicted molar refractivity (Wildman–Crippen MR) is 97.4 cm³/mol. The number of carbonyl (C=O) groups excluding carboxylic acids is 1. The minimum absolute atomic E-state index is 0.0657. The van der Waals surface area contributed by atoms with Gasteiger partial charge < -0.3 is 14.4 Å². The second-order valence-corrected chi connectivity index (χ2v) is 7.74. The third kappa shape index (κ3) is 2.76. The first-order valence-corrected chi connectivity index (χ1v) is 9.34. The number of nitrogens with zero attached hydrogens (tertiary/aromatic N) is 3. The quantitative estimate of drug-likeness (QED) is 0.839. The molecule has 6 nitrogen and oxygen atoms in total. The van der Waals surface area contributed by atoms with Gasteiger partial charge in [-0.2, -0.15) is 16.9 Å². The molecule has 2 aromatic rings. The van der Waals surface area contributed by atoms with Gasteiger partial charge in [-0.05, 0) is 30.7 Å². The van der Waals surface area contributed by atoms with Crippen LogP contribution in [0.3, 0.4) is 0 Å². The summed E-state index contributed by atoms with van der Waals surface area (Å²) in [4.78, 5) is 15.0. The fourth-order valence-corrected chi connectivity index (χ4v) is 5.04. The summed E-state index contributed by atoms with van der Waals surface area (Å²) in [5, 5.41) is 5.15. The Labute approximate surface area is 151 Å². The summed E-state index contributed by atoms with van der Waals surface area (Å²) in [7, 11) is 5.06. The van der Waals surface area contributed by atoms with Crippen LogP contribution in [0.2, 0.25) is 0 Å². The molecule has 0 spiro atoms. The molecule has 25 heavy (non-hydrogen) atoms. The van der Waals surface area contributed by atoms with Crippen LogP contribution >= 0.6 is 11.8 Å². The van der Waals surface area contributed by atoms with Crippen molar-refractivity contribution < 1.29 is 14.3 Å². The summed E-state index contributed by atoms with van der Waals surface area (Å²) in [6.45, 7) is 0.844. The van der Waals surface area contributed by atoms with E-state index >= 15 is 0 Å². The van der Waals surface area contributed by atoms with Gasteiger partial charge in [0.25, 0.3) is 5.91 Å². The minimum atomic E-state index is 0.0657. The minimum Gasteiger partial charge on any atom is -0.497 e. The number of methoxy groups -OCH3 is 2. The molecule has 1 aromatic carbocycles. The number of hydrogen-bond donors (Lipinski definition) is 0. The number of rotatable bonds is 4. The fourth-order valence-electron chi connectivity index (χ4n) is 3.61. The number of amides is 1. The van der Waals surface area contributed by atoms with Gasteiger partial charge in [-0.25, -0.2) is 0 Å². The Morgan fingerprint density at radius 1 is 1.28 bits per heavy atom. The highest BCUT2D eigenvalue weighted by molar-refractivity contribution is 8.00. The standard InChI is InChI=1S/C18H21N3O3S/c1-20-16(18(22)21-9-13-6-11(21)10-25-13)8-15(19-20)14-7-12(23-2)4-5-17(14)24-3/h4-5,7-8,11,13H,6,9-10H2,1-3H3. The van der Waals surface area contributed by atoms with Gasteiger partial charge in [-0.1, -0.05) is 0 Å². The summed E-state index contributed by atoms with van der Waals surface area (Å²) in [6.07, 6.45) is 1.12. The van der Waals surface area contributed by atoms with Crippen LogP contribution in [0.4, 0.5) is 0 Å². The molecular formula is C18H21N3O3S. The van der Waals surface area contributed by atoms with Crippen molar-refractivity contribution in [2.45, 2.75) is 17.7 Å². The Hall–Kier alpha value is -2.15. The van der Waals surface area contributed by atoms with Gasteiger partial charge in [0.15, 0.2) is 0 Å². The van der Waals surface area contributed by atoms with Gasteiger partial charge in [0, 0.05) is 36.2 Å². The lowest BCUT2D eigenvalue weighted by Gasteiger charge is -2.26. The number of aromatic nitrogens is 2. The zero-order chi connectivity index (χ0) is 17.6. The number of thioether (sulfide) groups is 1. The van der Waals surface area contributed by atoms with Crippen molar-refractivity contribution in [3.05, 3.63) is 30.0 Å². The Balaban J connectivity index is 1.68. The van der Waals surface area contributed by atoms with Gasteiger partial charge in [0.05, 0.1) is 19.9 Å². The monoisotopic (exact) mass is 359 g/mol. The van der Waals surface area contributed by atoms with Crippen LogP contribution in [0.15, 0.2) is 24.3 Å².